The van der Waals surface area contributed by atoms with E-state index in [1.54, 1.807) is 6.07 Å². The Hall–Kier alpha value is -2.04. The molecule has 1 fully saturated rings. The largest absolute Gasteiger partial charge is 0.371 e. The first-order valence-electron chi connectivity index (χ1n) is 7.06. The fourth-order valence-electron chi connectivity index (χ4n) is 2.91. The Morgan fingerprint density at radius 2 is 1.75 bits per heavy atom. The van der Waals surface area contributed by atoms with Crippen LogP contribution < -0.4 is 16.4 Å². The number of nitrogens with two attached hydrogens (primary N) is 2. The molecule has 1 saturated heterocycles. The number of benzene rings is 1. The van der Waals surface area contributed by atoms with Crippen molar-refractivity contribution in [2.75, 3.05) is 18.0 Å². The van der Waals surface area contributed by atoms with E-state index >= 15 is 0 Å². The minimum absolute atomic E-state index is 0.218. The zero-order valence-corrected chi connectivity index (χ0v) is 11.8. The molecule has 5 nitrogen and oxygen atoms in total. The van der Waals surface area contributed by atoms with Gasteiger partial charge in [0.1, 0.15) is 0 Å². The Labute approximate surface area is 118 Å². The number of carbonyl (C=O) groups excluding carboxylic acids is 2. The molecule has 1 aromatic carbocycles. The van der Waals surface area contributed by atoms with Crippen LogP contribution in [0.2, 0.25) is 0 Å². The van der Waals surface area contributed by atoms with E-state index in [2.05, 4.69) is 4.90 Å². The van der Waals surface area contributed by atoms with Crippen LogP contribution in [-0.2, 0) is 6.42 Å². The van der Waals surface area contributed by atoms with Gasteiger partial charge in [-0.15, -0.1) is 0 Å². The summed E-state index contributed by atoms with van der Waals surface area (Å²) in [6.07, 6.45) is 4.17. The lowest BCUT2D eigenvalue weighted by atomic mass is 9.94. The molecule has 1 aromatic rings. The molecule has 0 aromatic heterocycles. The van der Waals surface area contributed by atoms with Gasteiger partial charge in [-0.05, 0) is 43.4 Å². The summed E-state index contributed by atoms with van der Waals surface area (Å²) < 4.78 is 0. The van der Waals surface area contributed by atoms with Crippen LogP contribution >= 0.6 is 0 Å². The van der Waals surface area contributed by atoms with Gasteiger partial charge in [-0.25, -0.2) is 0 Å². The molecule has 1 heterocycles. The molecule has 0 radical (unpaired) electrons. The maximum absolute atomic E-state index is 11.7. The van der Waals surface area contributed by atoms with Crippen LogP contribution in [0.4, 0.5) is 5.69 Å². The number of hydrogen-bond acceptors (Lipinski definition) is 3. The van der Waals surface area contributed by atoms with Crippen LogP contribution in [0.5, 0.6) is 0 Å². The van der Waals surface area contributed by atoms with Gasteiger partial charge in [0.25, 0.3) is 0 Å². The Kier molecular flexibility index (Phi) is 4.27. The molecule has 1 aliphatic heterocycles. The number of rotatable bonds is 4. The molecule has 0 bridgehead atoms. The smallest absolute Gasteiger partial charge is 0.249 e. The third kappa shape index (κ3) is 2.61. The highest BCUT2D eigenvalue weighted by Crippen LogP contribution is 2.29. The summed E-state index contributed by atoms with van der Waals surface area (Å²) in [4.78, 5) is 25.5. The molecular formula is C15H21N3O2. The summed E-state index contributed by atoms with van der Waals surface area (Å²) in [7, 11) is 0. The maximum Gasteiger partial charge on any atom is 0.249 e. The van der Waals surface area contributed by atoms with Gasteiger partial charge < -0.3 is 16.4 Å². The van der Waals surface area contributed by atoms with E-state index in [1.165, 1.54) is 6.42 Å². The fourth-order valence-corrected chi connectivity index (χ4v) is 2.91. The average molecular weight is 275 g/mol. The summed E-state index contributed by atoms with van der Waals surface area (Å²) in [5.74, 6) is -1.20. The van der Waals surface area contributed by atoms with Gasteiger partial charge in [0, 0.05) is 18.8 Å². The quantitative estimate of drug-likeness (QED) is 0.871. The summed E-state index contributed by atoms with van der Waals surface area (Å²) in [5, 5.41) is 0. The number of primary amides is 2. The lowest BCUT2D eigenvalue weighted by Gasteiger charge is -2.31. The molecular weight excluding hydrogens is 254 g/mol. The normalized spacial score (nSPS) is 15.2. The maximum atomic E-state index is 11.7. The molecule has 0 spiro atoms. The van der Waals surface area contributed by atoms with Crippen LogP contribution in [-0.4, -0.2) is 24.9 Å². The van der Waals surface area contributed by atoms with E-state index in [4.69, 9.17) is 11.5 Å². The Morgan fingerprint density at radius 3 is 2.25 bits per heavy atom. The van der Waals surface area contributed by atoms with Crippen molar-refractivity contribution in [3.05, 3.63) is 28.8 Å². The number of nitrogens with zero attached hydrogens (tertiary/aromatic N) is 1. The van der Waals surface area contributed by atoms with E-state index in [-0.39, 0.29) is 11.1 Å². The fraction of sp³-hybridized carbons (Fsp3) is 0.467. The minimum Gasteiger partial charge on any atom is -0.371 e. The van der Waals surface area contributed by atoms with Crippen LogP contribution in [0.25, 0.3) is 0 Å². The number of anilines is 1. The lowest BCUT2D eigenvalue weighted by Crippen LogP contribution is -2.32. The van der Waals surface area contributed by atoms with Crippen LogP contribution in [0, 0.1) is 0 Å². The first-order chi connectivity index (χ1) is 9.56. The van der Waals surface area contributed by atoms with E-state index < -0.39 is 11.8 Å². The Bertz CT molecular complexity index is 534. The SMILES string of the molecule is CCc1c(N2CCCCC2)ccc(C(N)=O)c1C(N)=O. The van der Waals surface area contributed by atoms with E-state index in [9.17, 15) is 9.59 Å². The summed E-state index contributed by atoms with van der Waals surface area (Å²) >= 11 is 0. The van der Waals surface area contributed by atoms with Gasteiger partial charge in [0.2, 0.25) is 11.8 Å². The van der Waals surface area contributed by atoms with Gasteiger partial charge >= 0.3 is 0 Å². The summed E-state index contributed by atoms with van der Waals surface area (Å²) in [5.41, 5.74) is 13.1. The summed E-state index contributed by atoms with van der Waals surface area (Å²) in [6.45, 7) is 3.90. The van der Waals surface area contributed by atoms with Crippen molar-refractivity contribution < 1.29 is 9.59 Å². The zero-order valence-electron chi connectivity index (χ0n) is 11.8. The molecule has 108 valence electrons. The van der Waals surface area contributed by atoms with E-state index in [0.29, 0.717) is 6.42 Å². The third-order valence-corrected chi connectivity index (χ3v) is 3.85. The molecule has 0 saturated carbocycles. The number of piperidine rings is 1. The molecule has 5 heteroatoms. The van der Waals surface area contributed by atoms with Crippen molar-refractivity contribution >= 4 is 17.5 Å². The zero-order chi connectivity index (χ0) is 14.7. The van der Waals surface area contributed by atoms with E-state index in [0.717, 1.165) is 37.2 Å². The first-order valence-corrected chi connectivity index (χ1v) is 7.06. The molecule has 2 amide bonds. The van der Waals surface area contributed by atoms with Crippen LogP contribution in [0.3, 0.4) is 0 Å². The first kappa shape index (κ1) is 14.4. The number of carbonyl (C=O) groups is 2. The van der Waals surface area contributed by atoms with Gasteiger partial charge in [-0.2, -0.15) is 0 Å². The number of hydrogen-bond donors (Lipinski definition) is 2. The topological polar surface area (TPSA) is 89.4 Å². The molecule has 4 N–H and O–H groups in total. The van der Waals surface area contributed by atoms with E-state index in [1.807, 2.05) is 13.0 Å². The predicted molar refractivity (Wildman–Crippen MR) is 78.9 cm³/mol. The highest BCUT2D eigenvalue weighted by Gasteiger charge is 2.22. The van der Waals surface area contributed by atoms with Gasteiger partial charge in [0.05, 0.1) is 11.1 Å². The average Bonchev–Trinajstić information content (AvgIpc) is 2.46. The predicted octanol–water partition coefficient (Wildman–Crippen LogP) is 1.44. The molecule has 1 aliphatic rings. The minimum atomic E-state index is -0.612. The van der Waals surface area contributed by atoms with Crippen LogP contribution in [0.15, 0.2) is 12.1 Å². The Balaban J connectivity index is 2.55. The van der Waals surface area contributed by atoms with Crippen molar-refractivity contribution in [1.82, 2.24) is 0 Å². The van der Waals surface area contributed by atoms with Crippen molar-refractivity contribution in [3.8, 4) is 0 Å². The second-order valence-electron chi connectivity index (χ2n) is 5.12. The van der Waals surface area contributed by atoms with Gasteiger partial charge in [0.15, 0.2) is 0 Å². The monoisotopic (exact) mass is 275 g/mol. The lowest BCUT2D eigenvalue weighted by molar-refractivity contribution is 0.0966. The second kappa shape index (κ2) is 5.94. The van der Waals surface area contributed by atoms with Crippen LogP contribution in [0.1, 0.15) is 52.5 Å². The Morgan fingerprint density at radius 1 is 1.10 bits per heavy atom. The third-order valence-electron chi connectivity index (χ3n) is 3.85. The molecule has 20 heavy (non-hydrogen) atoms. The van der Waals surface area contributed by atoms with Crippen molar-refractivity contribution in [3.63, 3.8) is 0 Å². The molecule has 0 unspecified atom stereocenters. The highest BCUT2D eigenvalue weighted by atomic mass is 16.2. The van der Waals surface area contributed by atoms with Gasteiger partial charge in [-0.3, -0.25) is 9.59 Å². The number of amides is 2. The second-order valence-corrected chi connectivity index (χ2v) is 5.12. The van der Waals surface area contributed by atoms with Crippen molar-refractivity contribution in [2.24, 2.45) is 11.5 Å². The molecule has 2 rings (SSSR count). The molecule has 0 atom stereocenters. The highest BCUT2D eigenvalue weighted by molar-refractivity contribution is 6.08. The van der Waals surface area contributed by atoms with Gasteiger partial charge in [-0.1, -0.05) is 6.92 Å². The molecule has 0 aliphatic carbocycles. The van der Waals surface area contributed by atoms with Crippen molar-refractivity contribution in [1.29, 1.82) is 0 Å². The standard InChI is InChI=1S/C15H21N3O2/c1-2-10-12(18-8-4-3-5-9-18)7-6-11(14(16)19)13(10)15(17)20/h6-7H,2-5,8-9H2,1H3,(H2,16,19)(H2,17,20). The van der Waals surface area contributed by atoms with Crippen molar-refractivity contribution in [2.45, 2.75) is 32.6 Å². The summed E-state index contributed by atoms with van der Waals surface area (Å²) in [6, 6.07) is 3.50.